The maximum atomic E-state index is 5.12. The summed E-state index contributed by atoms with van der Waals surface area (Å²) in [6, 6.07) is 9.10. The predicted octanol–water partition coefficient (Wildman–Crippen LogP) is 3.09. The summed E-state index contributed by atoms with van der Waals surface area (Å²) in [5.41, 5.74) is 1.30. The molecule has 1 aliphatic rings. The third-order valence-corrected chi connectivity index (χ3v) is 3.88. The molecule has 0 aliphatic carbocycles. The van der Waals surface area contributed by atoms with Gasteiger partial charge in [0.15, 0.2) is 0 Å². The second-order valence-electron chi connectivity index (χ2n) is 4.48. The molecule has 0 aromatic heterocycles. The van der Waals surface area contributed by atoms with E-state index in [1.54, 1.807) is 0 Å². The number of benzene rings is 1. The molecule has 0 radical (unpaired) electrons. The number of piperidine rings is 1. The van der Waals surface area contributed by atoms with Crippen molar-refractivity contribution in [2.75, 3.05) is 18.1 Å². The van der Waals surface area contributed by atoms with Crippen molar-refractivity contribution in [3.8, 4) is 0 Å². The monoisotopic (exact) mass is 298 g/mol. The van der Waals surface area contributed by atoms with E-state index in [0.717, 1.165) is 17.4 Å². The highest BCUT2D eigenvalue weighted by Gasteiger charge is 2.22. The first kappa shape index (κ1) is 12.9. The Morgan fingerprint density at radius 3 is 2.76 bits per heavy atom. The van der Waals surface area contributed by atoms with Crippen LogP contribution in [0, 0.1) is 0 Å². The zero-order valence-corrected chi connectivity index (χ0v) is 11.5. The van der Waals surface area contributed by atoms with Gasteiger partial charge in [0.2, 0.25) is 0 Å². The second-order valence-corrected chi connectivity index (χ2v) is 5.39. The number of nitrogens with zero attached hydrogens (tertiary/aromatic N) is 1. The van der Waals surface area contributed by atoms with Gasteiger partial charge in [-0.15, -0.1) is 0 Å². The Morgan fingerprint density at radius 1 is 1.29 bits per heavy atom. The molecule has 0 spiro atoms. The van der Waals surface area contributed by atoms with Crippen LogP contribution in [-0.4, -0.2) is 19.2 Å². The molecule has 4 heteroatoms. The highest BCUT2D eigenvalue weighted by atomic mass is 79.9. The van der Waals surface area contributed by atoms with Gasteiger partial charge in [0.1, 0.15) is 0 Å². The van der Waals surface area contributed by atoms with Crippen LogP contribution in [0.4, 0.5) is 5.69 Å². The lowest BCUT2D eigenvalue weighted by Gasteiger charge is -2.37. The van der Waals surface area contributed by atoms with E-state index in [9.17, 15) is 0 Å². The van der Waals surface area contributed by atoms with E-state index in [-0.39, 0.29) is 0 Å². The summed E-state index contributed by atoms with van der Waals surface area (Å²) in [6.45, 7) is 1.77. The minimum absolute atomic E-state index is 0.563. The van der Waals surface area contributed by atoms with Crippen molar-refractivity contribution in [2.24, 2.45) is 5.90 Å². The molecule has 3 nitrogen and oxygen atoms in total. The van der Waals surface area contributed by atoms with Crippen LogP contribution in [0.3, 0.4) is 0 Å². The highest BCUT2D eigenvalue weighted by molar-refractivity contribution is 9.10. The van der Waals surface area contributed by atoms with Crippen LogP contribution in [0.25, 0.3) is 0 Å². The molecule has 0 bridgehead atoms. The van der Waals surface area contributed by atoms with Crippen LogP contribution in [0.2, 0.25) is 0 Å². The Balaban J connectivity index is 2.07. The van der Waals surface area contributed by atoms with E-state index >= 15 is 0 Å². The summed E-state index contributed by atoms with van der Waals surface area (Å²) in [6.07, 6.45) is 4.82. The molecule has 1 fully saturated rings. The first-order valence-corrected chi connectivity index (χ1v) is 6.94. The summed E-state index contributed by atoms with van der Waals surface area (Å²) >= 11 is 3.47. The molecule has 1 aliphatic heterocycles. The largest absolute Gasteiger partial charge is 0.368 e. The summed E-state index contributed by atoms with van der Waals surface area (Å²) in [5, 5.41) is 0. The Labute approximate surface area is 111 Å². The second kappa shape index (κ2) is 6.38. The fourth-order valence-corrected chi connectivity index (χ4v) is 2.74. The van der Waals surface area contributed by atoms with Crippen LogP contribution in [0.15, 0.2) is 28.7 Å². The van der Waals surface area contributed by atoms with Gasteiger partial charge < -0.3 is 9.74 Å². The number of hydrogen-bond donors (Lipinski definition) is 1. The van der Waals surface area contributed by atoms with Crippen molar-refractivity contribution >= 4 is 21.6 Å². The predicted molar refractivity (Wildman–Crippen MR) is 73.9 cm³/mol. The van der Waals surface area contributed by atoms with Crippen LogP contribution in [-0.2, 0) is 4.84 Å². The lowest BCUT2D eigenvalue weighted by Crippen LogP contribution is -2.40. The van der Waals surface area contributed by atoms with Gasteiger partial charge in [-0.1, -0.05) is 15.9 Å². The number of halogens is 1. The van der Waals surface area contributed by atoms with Crippen molar-refractivity contribution in [1.29, 1.82) is 0 Å². The minimum atomic E-state index is 0.563. The lowest BCUT2D eigenvalue weighted by atomic mass is 9.99. The molecule has 2 rings (SSSR count). The van der Waals surface area contributed by atoms with Gasteiger partial charge in [-0.05, 0) is 49.9 Å². The number of rotatable bonds is 4. The van der Waals surface area contributed by atoms with Gasteiger partial charge >= 0.3 is 0 Å². The van der Waals surface area contributed by atoms with E-state index in [2.05, 4.69) is 45.1 Å². The van der Waals surface area contributed by atoms with Gasteiger partial charge in [0.05, 0.1) is 6.61 Å². The standard InChI is InChI=1S/C13H19BrN2O/c14-11-4-6-13(7-5-11)16-9-2-1-3-12(16)8-10-17-15/h4-7,12H,1-3,8-10,15H2. The quantitative estimate of drug-likeness (QED) is 0.868. The van der Waals surface area contributed by atoms with Crippen molar-refractivity contribution < 1.29 is 4.84 Å². The van der Waals surface area contributed by atoms with E-state index in [1.807, 2.05) is 0 Å². The summed E-state index contributed by atoms with van der Waals surface area (Å²) < 4.78 is 1.13. The van der Waals surface area contributed by atoms with E-state index in [0.29, 0.717) is 12.6 Å². The fourth-order valence-electron chi connectivity index (χ4n) is 2.48. The molecule has 94 valence electrons. The van der Waals surface area contributed by atoms with Crippen molar-refractivity contribution in [2.45, 2.75) is 31.7 Å². The number of anilines is 1. The number of hydrogen-bond acceptors (Lipinski definition) is 3. The molecule has 1 aromatic carbocycles. The molecule has 2 N–H and O–H groups in total. The Kier molecular flexibility index (Phi) is 4.83. The summed E-state index contributed by atoms with van der Waals surface area (Å²) in [7, 11) is 0. The normalized spacial score (nSPS) is 20.6. The lowest BCUT2D eigenvalue weighted by molar-refractivity contribution is 0.127. The minimum Gasteiger partial charge on any atom is -0.368 e. The van der Waals surface area contributed by atoms with E-state index < -0.39 is 0 Å². The average Bonchev–Trinajstić information content (AvgIpc) is 2.38. The molecule has 17 heavy (non-hydrogen) atoms. The molecule has 1 unspecified atom stereocenters. The summed E-state index contributed by atoms with van der Waals surface area (Å²) in [4.78, 5) is 7.19. The molecular weight excluding hydrogens is 280 g/mol. The van der Waals surface area contributed by atoms with E-state index in [4.69, 9.17) is 10.7 Å². The zero-order valence-electron chi connectivity index (χ0n) is 9.94. The fraction of sp³-hybridized carbons (Fsp3) is 0.538. The van der Waals surface area contributed by atoms with Gasteiger partial charge in [-0.2, -0.15) is 0 Å². The molecule has 1 atom stereocenters. The molecular formula is C13H19BrN2O. The highest BCUT2D eigenvalue weighted by Crippen LogP contribution is 2.27. The molecule has 0 saturated carbocycles. The molecule has 0 amide bonds. The smallest absolute Gasteiger partial charge is 0.0698 e. The Morgan fingerprint density at radius 2 is 2.06 bits per heavy atom. The first-order chi connectivity index (χ1) is 8.31. The Hall–Kier alpha value is -0.580. The third-order valence-electron chi connectivity index (χ3n) is 3.35. The van der Waals surface area contributed by atoms with Crippen molar-refractivity contribution in [3.63, 3.8) is 0 Å². The zero-order chi connectivity index (χ0) is 12.1. The summed E-state index contributed by atoms with van der Waals surface area (Å²) in [5.74, 6) is 5.12. The average molecular weight is 299 g/mol. The van der Waals surface area contributed by atoms with E-state index in [1.165, 1.54) is 24.9 Å². The van der Waals surface area contributed by atoms with Crippen LogP contribution < -0.4 is 10.8 Å². The van der Waals surface area contributed by atoms with Gasteiger partial charge in [0, 0.05) is 22.7 Å². The van der Waals surface area contributed by atoms with Gasteiger partial charge in [0.25, 0.3) is 0 Å². The van der Waals surface area contributed by atoms with Gasteiger partial charge in [-0.3, -0.25) is 0 Å². The van der Waals surface area contributed by atoms with Crippen LogP contribution in [0.1, 0.15) is 25.7 Å². The van der Waals surface area contributed by atoms with Crippen molar-refractivity contribution in [1.82, 2.24) is 0 Å². The third kappa shape index (κ3) is 3.44. The van der Waals surface area contributed by atoms with Crippen LogP contribution >= 0.6 is 15.9 Å². The van der Waals surface area contributed by atoms with Crippen LogP contribution in [0.5, 0.6) is 0 Å². The molecule has 1 saturated heterocycles. The first-order valence-electron chi connectivity index (χ1n) is 6.15. The molecule has 1 aromatic rings. The Bertz CT molecular complexity index is 342. The maximum Gasteiger partial charge on any atom is 0.0698 e. The topological polar surface area (TPSA) is 38.5 Å². The number of nitrogens with two attached hydrogens (primary N) is 1. The SMILES string of the molecule is NOCCC1CCCCN1c1ccc(Br)cc1. The van der Waals surface area contributed by atoms with Crippen molar-refractivity contribution in [3.05, 3.63) is 28.7 Å². The van der Waals surface area contributed by atoms with Gasteiger partial charge in [-0.25, -0.2) is 5.90 Å². The maximum absolute atomic E-state index is 5.12. The molecule has 1 heterocycles.